The summed E-state index contributed by atoms with van der Waals surface area (Å²) in [4.78, 5) is 30.8. The van der Waals surface area contributed by atoms with Crippen LogP contribution >= 0.6 is 12.4 Å². The standard InChI is InChI=1S/C20H31N3O3.ClH/c1-19-7-5-12(23-26-10-9-21)11-15(19)22-18(25)17-13-3-4-16(24)20(13,2)8-6-14(17)19;/h13-15,17H,3-11,21H2,1-2H3,(H,22,25);1H/t13-,14-,15-,17-,19+,20-;/m0./s1. The van der Waals surface area contributed by atoms with Crippen molar-refractivity contribution >= 4 is 29.8 Å². The first kappa shape index (κ1) is 20.6. The highest BCUT2D eigenvalue weighted by Crippen LogP contribution is 2.61. The number of amides is 1. The fraction of sp³-hybridized carbons (Fsp3) is 0.850. The van der Waals surface area contributed by atoms with Crippen molar-refractivity contribution in [3.63, 3.8) is 0 Å². The normalized spacial score (nSPS) is 44.6. The summed E-state index contributed by atoms with van der Waals surface area (Å²) in [5, 5.41) is 7.55. The Kier molecular flexibility index (Phi) is 5.61. The van der Waals surface area contributed by atoms with Gasteiger partial charge in [-0.1, -0.05) is 19.0 Å². The first-order valence-electron chi connectivity index (χ1n) is 10.1. The Morgan fingerprint density at radius 1 is 1.19 bits per heavy atom. The van der Waals surface area contributed by atoms with Gasteiger partial charge in [-0.15, -0.1) is 12.4 Å². The van der Waals surface area contributed by atoms with Crippen LogP contribution in [0.3, 0.4) is 0 Å². The zero-order chi connectivity index (χ0) is 18.5. The molecule has 3 aliphatic carbocycles. The van der Waals surface area contributed by atoms with Crippen LogP contribution in [0.4, 0.5) is 0 Å². The van der Waals surface area contributed by atoms with E-state index in [0.29, 0.717) is 31.3 Å². The monoisotopic (exact) mass is 397 g/mol. The number of piperidine rings is 1. The molecule has 1 amide bonds. The SMILES string of the molecule is C[C@]12CCC(=NOCCN)C[C@@H]1NC(=O)[C@@H]1[C@@H]2CC[C@]2(C)C(=O)CC[C@@H]12.Cl. The van der Waals surface area contributed by atoms with E-state index in [4.69, 9.17) is 10.6 Å². The fourth-order valence-corrected chi connectivity index (χ4v) is 6.38. The Morgan fingerprint density at radius 2 is 1.96 bits per heavy atom. The lowest BCUT2D eigenvalue weighted by Crippen LogP contribution is -2.65. The van der Waals surface area contributed by atoms with Gasteiger partial charge in [0.05, 0.1) is 5.71 Å². The topological polar surface area (TPSA) is 93.8 Å². The number of nitrogens with two attached hydrogens (primary N) is 1. The van der Waals surface area contributed by atoms with E-state index in [1.165, 1.54) is 0 Å². The van der Waals surface area contributed by atoms with Crippen molar-refractivity contribution in [1.29, 1.82) is 0 Å². The number of halogens is 1. The van der Waals surface area contributed by atoms with Crippen LogP contribution in [0.25, 0.3) is 0 Å². The molecule has 0 aromatic carbocycles. The molecule has 0 bridgehead atoms. The maximum Gasteiger partial charge on any atom is 0.223 e. The van der Waals surface area contributed by atoms with Gasteiger partial charge in [-0.25, -0.2) is 0 Å². The van der Waals surface area contributed by atoms with Gasteiger partial charge in [0.2, 0.25) is 5.91 Å². The van der Waals surface area contributed by atoms with Crippen molar-refractivity contribution in [2.24, 2.45) is 39.5 Å². The number of fused-ring (bicyclic) bond motifs is 5. The molecule has 0 unspecified atom stereocenters. The van der Waals surface area contributed by atoms with Crippen LogP contribution in [-0.4, -0.2) is 36.6 Å². The second kappa shape index (κ2) is 7.36. The third-order valence-electron chi connectivity index (χ3n) is 8.04. The molecule has 27 heavy (non-hydrogen) atoms. The van der Waals surface area contributed by atoms with E-state index in [9.17, 15) is 9.59 Å². The molecule has 1 saturated heterocycles. The van der Waals surface area contributed by atoms with Crippen molar-refractivity contribution in [3.05, 3.63) is 0 Å². The number of hydrogen-bond acceptors (Lipinski definition) is 5. The van der Waals surface area contributed by atoms with E-state index in [-0.39, 0.29) is 47.0 Å². The lowest BCUT2D eigenvalue weighted by molar-refractivity contribution is -0.153. The van der Waals surface area contributed by atoms with Crippen molar-refractivity contribution in [2.45, 2.75) is 64.8 Å². The first-order valence-corrected chi connectivity index (χ1v) is 10.1. The molecule has 0 aromatic rings. The molecule has 6 nitrogen and oxygen atoms in total. The minimum Gasteiger partial charge on any atom is -0.395 e. The predicted molar refractivity (Wildman–Crippen MR) is 106 cm³/mol. The maximum absolute atomic E-state index is 13.1. The average molecular weight is 398 g/mol. The van der Waals surface area contributed by atoms with Gasteiger partial charge in [0.15, 0.2) is 0 Å². The molecule has 1 aliphatic heterocycles. The van der Waals surface area contributed by atoms with Crippen molar-refractivity contribution in [1.82, 2.24) is 5.32 Å². The molecule has 4 rings (SSSR count). The van der Waals surface area contributed by atoms with Crippen molar-refractivity contribution in [3.8, 4) is 0 Å². The molecular weight excluding hydrogens is 366 g/mol. The molecular formula is C20H32ClN3O3. The van der Waals surface area contributed by atoms with E-state index in [1.54, 1.807) is 0 Å². The lowest BCUT2D eigenvalue weighted by Gasteiger charge is -2.58. The van der Waals surface area contributed by atoms with Crippen LogP contribution in [0.1, 0.15) is 58.8 Å². The summed E-state index contributed by atoms with van der Waals surface area (Å²) in [6.45, 7) is 5.32. The number of nitrogens with zero attached hydrogens (tertiary/aromatic N) is 1. The number of Topliss-reactive ketones (excluding diaryl/α,β-unsaturated/α-hetero) is 1. The molecule has 7 heteroatoms. The summed E-state index contributed by atoms with van der Waals surface area (Å²) in [6.07, 6.45) is 6.14. The Bertz CT molecular complexity index is 654. The third-order valence-corrected chi connectivity index (χ3v) is 8.04. The molecule has 4 fully saturated rings. The zero-order valence-corrected chi connectivity index (χ0v) is 17.1. The summed E-state index contributed by atoms with van der Waals surface area (Å²) in [5.74, 6) is 1.11. The minimum atomic E-state index is -0.279. The number of nitrogens with one attached hydrogen (secondary N) is 1. The van der Waals surface area contributed by atoms with Crippen LogP contribution in [0.2, 0.25) is 0 Å². The van der Waals surface area contributed by atoms with Gasteiger partial charge < -0.3 is 15.9 Å². The number of rotatable bonds is 3. The third kappa shape index (κ3) is 3.09. The van der Waals surface area contributed by atoms with E-state index < -0.39 is 0 Å². The molecule has 6 atom stereocenters. The highest BCUT2D eigenvalue weighted by atomic mass is 35.5. The van der Waals surface area contributed by atoms with Crippen molar-refractivity contribution < 1.29 is 14.4 Å². The van der Waals surface area contributed by atoms with Crippen LogP contribution < -0.4 is 11.1 Å². The largest absolute Gasteiger partial charge is 0.395 e. The van der Waals surface area contributed by atoms with Crippen molar-refractivity contribution in [2.75, 3.05) is 13.2 Å². The van der Waals surface area contributed by atoms with Gasteiger partial charge in [0.1, 0.15) is 12.4 Å². The quantitative estimate of drug-likeness (QED) is 0.565. The minimum absolute atomic E-state index is 0. The summed E-state index contributed by atoms with van der Waals surface area (Å²) >= 11 is 0. The summed E-state index contributed by atoms with van der Waals surface area (Å²) < 4.78 is 0. The van der Waals surface area contributed by atoms with E-state index >= 15 is 0 Å². The van der Waals surface area contributed by atoms with Crippen LogP contribution in [0.5, 0.6) is 0 Å². The van der Waals surface area contributed by atoms with Gasteiger partial charge in [-0.2, -0.15) is 0 Å². The molecule has 0 spiro atoms. The molecule has 0 aromatic heterocycles. The molecule has 3 saturated carbocycles. The maximum atomic E-state index is 13.1. The number of carbonyl (C=O) groups excluding carboxylic acids is 2. The molecule has 4 aliphatic rings. The van der Waals surface area contributed by atoms with Gasteiger partial charge in [0.25, 0.3) is 0 Å². The molecule has 3 N–H and O–H groups in total. The van der Waals surface area contributed by atoms with Crippen LogP contribution in [0.15, 0.2) is 5.16 Å². The fourth-order valence-electron chi connectivity index (χ4n) is 6.38. The van der Waals surface area contributed by atoms with E-state index in [1.807, 2.05) is 0 Å². The molecule has 152 valence electrons. The molecule has 0 radical (unpaired) electrons. The van der Waals surface area contributed by atoms with E-state index in [0.717, 1.165) is 44.2 Å². The lowest BCUT2D eigenvalue weighted by atomic mass is 9.49. The first-order chi connectivity index (χ1) is 12.4. The van der Waals surface area contributed by atoms with E-state index in [2.05, 4.69) is 24.3 Å². The van der Waals surface area contributed by atoms with Gasteiger partial charge >= 0.3 is 0 Å². The smallest absolute Gasteiger partial charge is 0.223 e. The van der Waals surface area contributed by atoms with Crippen LogP contribution in [0, 0.1) is 28.6 Å². The Hall–Kier alpha value is -1.14. The highest BCUT2D eigenvalue weighted by Gasteiger charge is 2.62. The van der Waals surface area contributed by atoms with Gasteiger partial charge in [0, 0.05) is 36.8 Å². The number of carbonyl (C=O) groups is 2. The second-order valence-corrected chi connectivity index (χ2v) is 9.21. The Balaban J connectivity index is 0.00000210. The highest BCUT2D eigenvalue weighted by molar-refractivity contribution is 5.91. The Morgan fingerprint density at radius 3 is 2.70 bits per heavy atom. The average Bonchev–Trinajstić information content (AvgIpc) is 2.92. The summed E-state index contributed by atoms with van der Waals surface area (Å²) in [6, 6.07) is 0.117. The van der Waals surface area contributed by atoms with Gasteiger partial charge in [-0.05, 0) is 49.4 Å². The number of ketones is 1. The summed E-state index contributed by atoms with van der Waals surface area (Å²) in [5.41, 5.74) is 6.28. The second-order valence-electron chi connectivity index (χ2n) is 9.21. The van der Waals surface area contributed by atoms with Gasteiger partial charge in [-0.3, -0.25) is 9.59 Å². The zero-order valence-electron chi connectivity index (χ0n) is 16.3. The predicted octanol–water partition coefficient (Wildman–Crippen LogP) is 2.44. The number of hydrogen-bond donors (Lipinski definition) is 2. The van der Waals surface area contributed by atoms with Crippen LogP contribution in [-0.2, 0) is 14.4 Å². The summed E-state index contributed by atoms with van der Waals surface area (Å²) in [7, 11) is 0. The number of oxime groups is 1. The Labute approximate surface area is 167 Å². The molecule has 1 heterocycles.